The molecule has 0 radical (unpaired) electrons. The van der Waals surface area contributed by atoms with Gasteiger partial charge in [-0.2, -0.15) is 0 Å². The molecule has 0 unspecified atom stereocenters. The highest BCUT2D eigenvalue weighted by atomic mass is 35.5. The Bertz CT molecular complexity index is 1380. The van der Waals surface area contributed by atoms with Gasteiger partial charge in [-0.15, -0.1) is 0 Å². The standard InChI is InChI=1S/C29H33ClFN3O5S/c1-4-18-32-29(36)21(3)33(19-22-6-8-23(30)9-7-22)28(35)20-34(25-12-10-24(31)11-13-25)40(37,38)27-16-14-26(15-17-27)39-5-2/h6-17,21H,4-5,18-20H2,1-3H3,(H,32,36)/t21-/m1/s1. The third-order valence-corrected chi connectivity index (χ3v) is 8.14. The summed E-state index contributed by atoms with van der Waals surface area (Å²) < 4.78 is 47.7. The number of ether oxygens (including phenoxy) is 1. The van der Waals surface area contributed by atoms with Crippen LogP contribution in [0.3, 0.4) is 0 Å². The molecule has 0 fully saturated rings. The molecule has 0 aliphatic rings. The van der Waals surface area contributed by atoms with Gasteiger partial charge in [0.2, 0.25) is 11.8 Å². The van der Waals surface area contributed by atoms with Crippen LogP contribution in [-0.4, -0.2) is 50.9 Å². The topological polar surface area (TPSA) is 96.0 Å². The molecule has 0 spiro atoms. The molecule has 0 aromatic heterocycles. The van der Waals surface area contributed by atoms with Crippen LogP contribution in [0.1, 0.15) is 32.8 Å². The van der Waals surface area contributed by atoms with Crippen LogP contribution in [0.5, 0.6) is 5.75 Å². The van der Waals surface area contributed by atoms with Crippen LogP contribution >= 0.6 is 11.6 Å². The summed E-state index contributed by atoms with van der Waals surface area (Å²) >= 11 is 6.01. The number of amides is 2. The highest BCUT2D eigenvalue weighted by molar-refractivity contribution is 7.92. The lowest BCUT2D eigenvalue weighted by molar-refractivity contribution is -0.139. The summed E-state index contributed by atoms with van der Waals surface area (Å²) in [6.07, 6.45) is 0.711. The lowest BCUT2D eigenvalue weighted by Gasteiger charge is -2.32. The zero-order valence-electron chi connectivity index (χ0n) is 22.6. The zero-order chi connectivity index (χ0) is 29.3. The summed E-state index contributed by atoms with van der Waals surface area (Å²) in [6, 6.07) is 16.5. The zero-order valence-corrected chi connectivity index (χ0v) is 24.2. The number of hydrogen-bond donors (Lipinski definition) is 1. The van der Waals surface area contributed by atoms with Gasteiger partial charge in [-0.05, 0) is 86.5 Å². The third-order valence-electron chi connectivity index (χ3n) is 6.10. The molecule has 8 nitrogen and oxygen atoms in total. The summed E-state index contributed by atoms with van der Waals surface area (Å²) in [5, 5.41) is 3.30. The van der Waals surface area contributed by atoms with E-state index in [0.717, 1.165) is 16.4 Å². The second-order valence-electron chi connectivity index (χ2n) is 9.01. The highest BCUT2D eigenvalue weighted by Crippen LogP contribution is 2.26. The van der Waals surface area contributed by atoms with Gasteiger partial charge in [-0.3, -0.25) is 13.9 Å². The van der Waals surface area contributed by atoms with Crippen molar-refractivity contribution in [1.82, 2.24) is 10.2 Å². The van der Waals surface area contributed by atoms with Gasteiger partial charge in [0.1, 0.15) is 24.2 Å². The van der Waals surface area contributed by atoms with Crippen molar-refractivity contribution >= 4 is 39.1 Å². The molecule has 1 N–H and O–H groups in total. The van der Waals surface area contributed by atoms with Gasteiger partial charge in [0.05, 0.1) is 17.2 Å². The number of nitrogens with one attached hydrogen (secondary N) is 1. The van der Waals surface area contributed by atoms with Crippen LogP contribution < -0.4 is 14.4 Å². The molecule has 214 valence electrons. The normalized spacial score (nSPS) is 11.9. The van der Waals surface area contributed by atoms with Crippen LogP contribution in [0.15, 0.2) is 77.7 Å². The molecule has 40 heavy (non-hydrogen) atoms. The Morgan fingerprint density at radius 1 is 0.975 bits per heavy atom. The number of carbonyl (C=O) groups excluding carboxylic acids is 2. The van der Waals surface area contributed by atoms with Crippen LogP contribution in [0.25, 0.3) is 0 Å². The van der Waals surface area contributed by atoms with Crippen molar-refractivity contribution in [2.75, 3.05) is 24.0 Å². The monoisotopic (exact) mass is 589 g/mol. The van der Waals surface area contributed by atoms with E-state index >= 15 is 0 Å². The largest absolute Gasteiger partial charge is 0.494 e. The number of anilines is 1. The Hall–Kier alpha value is -3.63. The van der Waals surface area contributed by atoms with E-state index in [0.29, 0.717) is 35.9 Å². The van der Waals surface area contributed by atoms with Gasteiger partial charge >= 0.3 is 0 Å². The number of hydrogen-bond acceptors (Lipinski definition) is 5. The molecule has 0 aliphatic carbocycles. The molecule has 1 atom stereocenters. The highest BCUT2D eigenvalue weighted by Gasteiger charge is 2.32. The maximum Gasteiger partial charge on any atom is 0.264 e. The molecule has 2 amide bonds. The fraction of sp³-hybridized carbons (Fsp3) is 0.310. The van der Waals surface area contributed by atoms with E-state index in [1.807, 2.05) is 13.8 Å². The predicted octanol–water partition coefficient (Wildman–Crippen LogP) is 5.02. The summed E-state index contributed by atoms with van der Waals surface area (Å²) in [5.74, 6) is -1.05. The molecule has 0 saturated heterocycles. The fourth-order valence-electron chi connectivity index (χ4n) is 3.90. The molecule has 0 aliphatic heterocycles. The summed E-state index contributed by atoms with van der Waals surface area (Å²) in [6.45, 7) is 5.56. The first-order chi connectivity index (χ1) is 19.1. The summed E-state index contributed by atoms with van der Waals surface area (Å²) in [7, 11) is -4.28. The third kappa shape index (κ3) is 7.95. The van der Waals surface area contributed by atoms with Crippen molar-refractivity contribution in [3.05, 3.63) is 89.2 Å². The molecule has 11 heteroatoms. The van der Waals surface area contributed by atoms with Crippen molar-refractivity contribution in [1.29, 1.82) is 0 Å². The number of carbonyl (C=O) groups is 2. The number of rotatable bonds is 13. The van der Waals surface area contributed by atoms with E-state index in [-0.39, 0.29) is 23.0 Å². The van der Waals surface area contributed by atoms with Crippen molar-refractivity contribution in [3.63, 3.8) is 0 Å². The Labute approximate surface area is 239 Å². The Morgan fingerprint density at radius 3 is 2.17 bits per heavy atom. The van der Waals surface area contributed by atoms with Crippen molar-refractivity contribution < 1.29 is 27.1 Å². The quantitative estimate of drug-likeness (QED) is 0.302. The Kier molecular flexibility index (Phi) is 10.9. The molecule has 0 saturated carbocycles. The number of benzene rings is 3. The predicted molar refractivity (Wildman–Crippen MR) is 153 cm³/mol. The Morgan fingerprint density at radius 2 is 1.60 bits per heavy atom. The second kappa shape index (κ2) is 14.1. The first-order valence-corrected chi connectivity index (χ1v) is 14.7. The molecule has 3 aromatic rings. The molecular weight excluding hydrogens is 557 g/mol. The number of sulfonamides is 1. The Balaban J connectivity index is 2.00. The van der Waals surface area contributed by atoms with Crippen molar-refractivity contribution in [3.8, 4) is 5.75 Å². The van der Waals surface area contributed by atoms with Crippen LogP contribution in [0.4, 0.5) is 10.1 Å². The minimum Gasteiger partial charge on any atom is -0.494 e. The minimum atomic E-state index is -4.28. The van der Waals surface area contributed by atoms with Gasteiger partial charge in [-0.1, -0.05) is 30.7 Å². The first kappa shape index (κ1) is 30.9. The van der Waals surface area contributed by atoms with Crippen molar-refractivity contribution in [2.24, 2.45) is 0 Å². The van der Waals surface area contributed by atoms with Crippen LogP contribution in [0.2, 0.25) is 5.02 Å². The number of nitrogens with zero attached hydrogens (tertiary/aromatic N) is 2. The minimum absolute atomic E-state index is 0.0388. The molecule has 3 aromatic carbocycles. The van der Waals surface area contributed by atoms with E-state index < -0.39 is 34.3 Å². The number of halogens is 2. The summed E-state index contributed by atoms with van der Waals surface area (Å²) in [4.78, 5) is 27.9. The molecule has 0 bridgehead atoms. The molecule has 0 heterocycles. The lowest BCUT2D eigenvalue weighted by atomic mass is 10.1. The smallest absolute Gasteiger partial charge is 0.264 e. The van der Waals surface area contributed by atoms with Gasteiger partial charge in [0, 0.05) is 18.1 Å². The van der Waals surface area contributed by atoms with Gasteiger partial charge in [0.15, 0.2) is 0 Å². The second-order valence-corrected chi connectivity index (χ2v) is 11.3. The van der Waals surface area contributed by atoms with Crippen molar-refractivity contribution in [2.45, 2.75) is 44.7 Å². The average Bonchev–Trinajstić information content (AvgIpc) is 2.94. The molecule has 3 rings (SSSR count). The maximum absolute atomic E-state index is 13.8. The van der Waals surface area contributed by atoms with E-state index in [2.05, 4.69) is 5.32 Å². The maximum atomic E-state index is 13.8. The summed E-state index contributed by atoms with van der Waals surface area (Å²) in [5.41, 5.74) is 0.800. The molecular formula is C29H33ClFN3O5S. The van der Waals surface area contributed by atoms with E-state index in [1.165, 1.54) is 41.3 Å². The van der Waals surface area contributed by atoms with Crippen LogP contribution in [0, 0.1) is 5.82 Å². The van der Waals surface area contributed by atoms with Gasteiger partial charge in [0.25, 0.3) is 10.0 Å². The van der Waals surface area contributed by atoms with E-state index in [4.69, 9.17) is 16.3 Å². The fourth-order valence-corrected chi connectivity index (χ4v) is 5.44. The SMILES string of the molecule is CCCNC(=O)[C@@H](C)N(Cc1ccc(Cl)cc1)C(=O)CN(c1ccc(F)cc1)S(=O)(=O)c1ccc(OCC)cc1. The van der Waals surface area contributed by atoms with Gasteiger partial charge < -0.3 is 15.0 Å². The van der Waals surface area contributed by atoms with Gasteiger partial charge in [-0.25, -0.2) is 12.8 Å². The van der Waals surface area contributed by atoms with E-state index in [1.54, 1.807) is 31.2 Å². The van der Waals surface area contributed by atoms with E-state index in [9.17, 15) is 22.4 Å². The first-order valence-electron chi connectivity index (χ1n) is 12.9. The average molecular weight is 590 g/mol. The van der Waals surface area contributed by atoms with Crippen LogP contribution in [-0.2, 0) is 26.2 Å². The lowest BCUT2D eigenvalue weighted by Crippen LogP contribution is -2.51.